The van der Waals surface area contributed by atoms with Gasteiger partial charge in [0.2, 0.25) is 0 Å². The maximum absolute atomic E-state index is 12.3. The topological polar surface area (TPSA) is 29.5 Å². The van der Waals surface area contributed by atoms with Gasteiger partial charge in [0.25, 0.3) is 0 Å². The number of benzene rings is 1. The van der Waals surface area contributed by atoms with Crippen molar-refractivity contribution >= 4 is 29.0 Å². The Bertz CT molecular complexity index is 465. The maximum atomic E-state index is 12.3. The summed E-state index contributed by atoms with van der Waals surface area (Å²) in [6.45, 7) is 4.69. The lowest BCUT2D eigenvalue weighted by molar-refractivity contribution is -0.0271. The summed E-state index contributed by atoms with van der Waals surface area (Å²) in [6.07, 6.45) is 1.18. The standard InChI is InChI=1S/C14H17Cl2NO2/c1-2-11-8-17(5-6-19-11)9-14(18)12-7-10(15)3-4-13(12)16/h3-4,7,11H,2,5-6,8-9H2,1H3. The first-order valence-corrected chi connectivity index (χ1v) is 7.18. The number of carbonyl (C=O) groups is 1. The molecule has 1 aromatic carbocycles. The first-order valence-electron chi connectivity index (χ1n) is 6.42. The van der Waals surface area contributed by atoms with Crippen LogP contribution in [0.2, 0.25) is 10.0 Å². The van der Waals surface area contributed by atoms with Gasteiger partial charge in [0.1, 0.15) is 0 Å². The molecule has 0 aromatic heterocycles. The molecule has 5 heteroatoms. The molecule has 0 amide bonds. The van der Waals surface area contributed by atoms with Crippen molar-refractivity contribution in [1.82, 2.24) is 4.90 Å². The summed E-state index contributed by atoms with van der Waals surface area (Å²) >= 11 is 11.9. The van der Waals surface area contributed by atoms with Crippen LogP contribution in [0.3, 0.4) is 0 Å². The summed E-state index contributed by atoms with van der Waals surface area (Å²) in [7, 11) is 0. The van der Waals surface area contributed by atoms with E-state index in [1.807, 2.05) is 0 Å². The van der Waals surface area contributed by atoms with Gasteiger partial charge in [-0.15, -0.1) is 0 Å². The predicted octanol–water partition coefficient (Wildman–Crippen LogP) is 3.29. The maximum Gasteiger partial charge on any atom is 0.178 e. The van der Waals surface area contributed by atoms with Crippen molar-refractivity contribution in [1.29, 1.82) is 0 Å². The number of nitrogens with zero attached hydrogens (tertiary/aromatic N) is 1. The quantitative estimate of drug-likeness (QED) is 0.799. The molecule has 1 saturated heterocycles. The lowest BCUT2D eigenvalue weighted by Gasteiger charge is -2.31. The smallest absolute Gasteiger partial charge is 0.178 e. The second-order valence-electron chi connectivity index (χ2n) is 4.68. The highest BCUT2D eigenvalue weighted by Crippen LogP contribution is 2.21. The lowest BCUT2D eigenvalue weighted by Crippen LogP contribution is -2.44. The Balaban J connectivity index is 2.02. The summed E-state index contributed by atoms with van der Waals surface area (Å²) < 4.78 is 5.59. The van der Waals surface area contributed by atoms with Gasteiger partial charge in [-0.05, 0) is 24.6 Å². The second kappa shape index (κ2) is 6.71. The third-order valence-corrected chi connectivity index (χ3v) is 3.84. The van der Waals surface area contributed by atoms with Gasteiger partial charge in [0.15, 0.2) is 5.78 Å². The molecule has 0 bridgehead atoms. The molecule has 1 aliphatic rings. The van der Waals surface area contributed by atoms with Crippen LogP contribution in [-0.2, 0) is 4.74 Å². The Hall–Kier alpha value is -0.610. The van der Waals surface area contributed by atoms with Crippen molar-refractivity contribution in [2.75, 3.05) is 26.2 Å². The molecule has 3 nitrogen and oxygen atoms in total. The van der Waals surface area contributed by atoms with Crippen LogP contribution < -0.4 is 0 Å². The van der Waals surface area contributed by atoms with E-state index in [-0.39, 0.29) is 11.9 Å². The van der Waals surface area contributed by atoms with Crippen LogP contribution in [0.15, 0.2) is 18.2 Å². The van der Waals surface area contributed by atoms with E-state index in [9.17, 15) is 4.79 Å². The third-order valence-electron chi connectivity index (χ3n) is 3.27. The Kier molecular flexibility index (Phi) is 5.22. The molecule has 1 atom stereocenters. The average molecular weight is 302 g/mol. The Labute approximate surface area is 123 Å². The molecule has 0 spiro atoms. The molecular formula is C14H17Cl2NO2. The zero-order valence-corrected chi connectivity index (χ0v) is 12.4. The van der Waals surface area contributed by atoms with Crippen LogP contribution in [0.25, 0.3) is 0 Å². The van der Waals surface area contributed by atoms with Crippen LogP contribution in [0.4, 0.5) is 0 Å². The molecule has 0 aliphatic carbocycles. The van der Waals surface area contributed by atoms with Gasteiger partial charge in [-0.1, -0.05) is 30.1 Å². The first kappa shape index (κ1) is 14.8. The van der Waals surface area contributed by atoms with Crippen molar-refractivity contribution in [3.63, 3.8) is 0 Å². The molecule has 104 valence electrons. The van der Waals surface area contributed by atoms with E-state index in [0.29, 0.717) is 28.8 Å². The Morgan fingerprint density at radius 2 is 2.26 bits per heavy atom. The molecule has 0 N–H and O–H groups in total. The minimum absolute atomic E-state index is 0.00394. The van der Waals surface area contributed by atoms with Crippen molar-refractivity contribution in [2.24, 2.45) is 0 Å². The van der Waals surface area contributed by atoms with Crippen molar-refractivity contribution in [3.8, 4) is 0 Å². The normalized spacial score (nSPS) is 20.5. The van der Waals surface area contributed by atoms with E-state index in [2.05, 4.69) is 11.8 Å². The van der Waals surface area contributed by atoms with Gasteiger partial charge >= 0.3 is 0 Å². The van der Waals surface area contributed by atoms with Crippen molar-refractivity contribution in [3.05, 3.63) is 33.8 Å². The fourth-order valence-electron chi connectivity index (χ4n) is 2.17. The molecule has 19 heavy (non-hydrogen) atoms. The number of carbonyl (C=O) groups excluding carboxylic acids is 1. The van der Waals surface area contributed by atoms with Gasteiger partial charge in [-0.2, -0.15) is 0 Å². The highest BCUT2D eigenvalue weighted by atomic mass is 35.5. The second-order valence-corrected chi connectivity index (χ2v) is 5.53. The zero-order chi connectivity index (χ0) is 13.8. The van der Waals surface area contributed by atoms with E-state index in [4.69, 9.17) is 27.9 Å². The number of rotatable bonds is 4. The average Bonchev–Trinajstić information content (AvgIpc) is 2.41. The summed E-state index contributed by atoms with van der Waals surface area (Å²) in [5, 5.41) is 0.982. The van der Waals surface area contributed by atoms with Gasteiger partial charge in [-0.3, -0.25) is 9.69 Å². The number of halogens is 2. The third kappa shape index (κ3) is 3.93. The molecule has 0 saturated carbocycles. The number of Topliss-reactive ketones (excluding diaryl/α,β-unsaturated/α-hetero) is 1. The monoisotopic (exact) mass is 301 g/mol. The van der Waals surface area contributed by atoms with E-state index in [1.165, 1.54) is 0 Å². The highest BCUT2D eigenvalue weighted by Gasteiger charge is 2.22. The van der Waals surface area contributed by atoms with Crippen molar-refractivity contribution in [2.45, 2.75) is 19.4 Å². The number of ether oxygens (including phenoxy) is 1. The van der Waals surface area contributed by atoms with Gasteiger partial charge in [-0.25, -0.2) is 0 Å². The largest absolute Gasteiger partial charge is 0.376 e. The predicted molar refractivity (Wildman–Crippen MR) is 77.3 cm³/mol. The van der Waals surface area contributed by atoms with E-state index in [0.717, 1.165) is 19.5 Å². The van der Waals surface area contributed by atoms with E-state index in [1.54, 1.807) is 18.2 Å². The fourth-order valence-corrected chi connectivity index (χ4v) is 2.57. The summed E-state index contributed by atoms with van der Waals surface area (Å²) in [5.74, 6) is 0.00394. The van der Waals surface area contributed by atoms with Crippen LogP contribution in [0, 0.1) is 0 Å². The van der Waals surface area contributed by atoms with Gasteiger partial charge < -0.3 is 4.74 Å². The number of hydrogen-bond acceptors (Lipinski definition) is 3. The SMILES string of the molecule is CCC1CN(CC(=O)c2cc(Cl)ccc2Cl)CCO1. The van der Waals surface area contributed by atoms with Crippen LogP contribution >= 0.6 is 23.2 Å². The molecular weight excluding hydrogens is 285 g/mol. The lowest BCUT2D eigenvalue weighted by atomic mass is 10.1. The molecule has 2 rings (SSSR count). The summed E-state index contributed by atoms with van der Waals surface area (Å²) in [4.78, 5) is 14.4. The van der Waals surface area contributed by atoms with E-state index < -0.39 is 0 Å². The number of morpholine rings is 1. The molecule has 1 aliphatic heterocycles. The minimum atomic E-state index is 0.00394. The Morgan fingerprint density at radius 3 is 3.00 bits per heavy atom. The van der Waals surface area contributed by atoms with Crippen molar-refractivity contribution < 1.29 is 9.53 Å². The fraction of sp³-hybridized carbons (Fsp3) is 0.500. The molecule has 1 fully saturated rings. The minimum Gasteiger partial charge on any atom is -0.376 e. The summed E-state index contributed by atoms with van der Waals surface area (Å²) in [5.41, 5.74) is 0.494. The molecule has 1 aromatic rings. The van der Waals surface area contributed by atoms with E-state index >= 15 is 0 Å². The number of hydrogen-bond donors (Lipinski definition) is 0. The molecule has 1 unspecified atom stereocenters. The Morgan fingerprint density at radius 1 is 1.47 bits per heavy atom. The highest BCUT2D eigenvalue weighted by molar-refractivity contribution is 6.36. The molecule has 0 radical (unpaired) electrons. The zero-order valence-electron chi connectivity index (χ0n) is 10.9. The van der Waals surface area contributed by atoms with Crippen LogP contribution in [0.5, 0.6) is 0 Å². The number of ketones is 1. The summed E-state index contributed by atoms with van der Waals surface area (Å²) in [6, 6.07) is 4.97. The van der Waals surface area contributed by atoms with Gasteiger partial charge in [0.05, 0.1) is 24.3 Å². The van der Waals surface area contributed by atoms with Crippen LogP contribution in [-0.4, -0.2) is 43.0 Å². The first-order chi connectivity index (χ1) is 9.10. The molecule has 1 heterocycles. The van der Waals surface area contributed by atoms with Crippen LogP contribution in [0.1, 0.15) is 23.7 Å². The van der Waals surface area contributed by atoms with Gasteiger partial charge in [0, 0.05) is 23.7 Å².